The van der Waals surface area contributed by atoms with Gasteiger partial charge >= 0.3 is 0 Å². The SMILES string of the molecule is c1csc(CN2CC[C@]3(C2)Cn2c(-c4cccs4)cnc2CO3)c1. The van der Waals surface area contributed by atoms with Crippen molar-refractivity contribution >= 4 is 22.7 Å². The highest BCUT2D eigenvalue weighted by Crippen LogP contribution is 2.36. The molecule has 5 rings (SSSR count). The van der Waals surface area contributed by atoms with Gasteiger partial charge in [-0.3, -0.25) is 4.90 Å². The van der Waals surface area contributed by atoms with E-state index in [0.29, 0.717) is 6.61 Å². The van der Waals surface area contributed by atoms with Gasteiger partial charge in [-0.05, 0) is 29.3 Å². The van der Waals surface area contributed by atoms with Crippen molar-refractivity contribution in [2.24, 2.45) is 0 Å². The van der Waals surface area contributed by atoms with Crippen LogP contribution in [0.5, 0.6) is 0 Å². The summed E-state index contributed by atoms with van der Waals surface area (Å²) >= 11 is 3.62. The average molecular weight is 358 g/mol. The van der Waals surface area contributed by atoms with Crippen molar-refractivity contribution < 1.29 is 4.74 Å². The zero-order valence-electron chi connectivity index (χ0n) is 13.4. The van der Waals surface area contributed by atoms with Gasteiger partial charge in [0.25, 0.3) is 0 Å². The van der Waals surface area contributed by atoms with Gasteiger partial charge in [-0.2, -0.15) is 0 Å². The topological polar surface area (TPSA) is 30.3 Å². The molecule has 24 heavy (non-hydrogen) atoms. The fraction of sp³-hybridized carbons (Fsp3) is 0.389. The Morgan fingerprint density at radius 2 is 2.08 bits per heavy atom. The highest BCUT2D eigenvalue weighted by Gasteiger charge is 2.43. The smallest absolute Gasteiger partial charge is 0.135 e. The van der Waals surface area contributed by atoms with Crippen LogP contribution in [0.15, 0.2) is 41.2 Å². The van der Waals surface area contributed by atoms with Crippen LogP contribution in [0.4, 0.5) is 0 Å². The molecule has 0 amide bonds. The third-order valence-corrected chi connectivity index (χ3v) is 6.77. The van der Waals surface area contributed by atoms with Crippen molar-refractivity contribution in [3.05, 3.63) is 51.9 Å². The van der Waals surface area contributed by atoms with Gasteiger partial charge in [0.05, 0.1) is 23.3 Å². The van der Waals surface area contributed by atoms with Gasteiger partial charge in [0.2, 0.25) is 0 Å². The Kier molecular flexibility index (Phi) is 3.59. The van der Waals surface area contributed by atoms with E-state index >= 15 is 0 Å². The van der Waals surface area contributed by atoms with Gasteiger partial charge in [0.1, 0.15) is 18.0 Å². The first-order valence-electron chi connectivity index (χ1n) is 8.28. The zero-order valence-corrected chi connectivity index (χ0v) is 15.0. The van der Waals surface area contributed by atoms with E-state index in [1.807, 2.05) is 17.5 Å². The number of hydrogen-bond donors (Lipinski definition) is 0. The van der Waals surface area contributed by atoms with Gasteiger partial charge in [0, 0.05) is 24.5 Å². The highest BCUT2D eigenvalue weighted by atomic mass is 32.1. The lowest BCUT2D eigenvalue weighted by molar-refractivity contribution is -0.0821. The van der Waals surface area contributed by atoms with Gasteiger partial charge in [-0.15, -0.1) is 22.7 Å². The first kappa shape index (κ1) is 14.8. The van der Waals surface area contributed by atoms with Crippen molar-refractivity contribution in [2.75, 3.05) is 13.1 Å². The third kappa shape index (κ3) is 2.54. The first-order valence-corrected chi connectivity index (χ1v) is 10.0. The Balaban J connectivity index is 1.38. The molecule has 1 spiro atoms. The van der Waals surface area contributed by atoms with Crippen LogP contribution in [-0.2, 0) is 24.4 Å². The van der Waals surface area contributed by atoms with Crippen LogP contribution in [0.25, 0.3) is 10.6 Å². The van der Waals surface area contributed by atoms with Crippen molar-refractivity contribution in [3.63, 3.8) is 0 Å². The van der Waals surface area contributed by atoms with E-state index in [-0.39, 0.29) is 5.60 Å². The number of fused-ring (bicyclic) bond motifs is 1. The quantitative estimate of drug-likeness (QED) is 0.713. The normalized spacial score (nSPS) is 23.8. The summed E-state index contributed by atoms with van der Waals surface area (Å²) < 4.78 is 8.69. The molecule has 2 aliphatic heterocycles. The van der Waals surface area contributed by atoms with Crippen LogP contribution in [0.1, 0.15) is 17.1 Å². The first-order chi connectivity index (χ1) is 11.8. The minimum absolute atomic E-state index is 0.0586. The molecule has 4 nitrogen and oxygen atoms in total. The van der Waals surface area contributed by atoms with Crippen molar-refractivity contribution in [3.8, 4) is 10.6 Å². The van der Waals surface area contributed by atoms with E-state index in [2.05, 4.69) is 49.5 Å². The molecule has 0 unspecified atom stereocenters. The van der Waals surface area contributed by atoms with Gasteiger partial charge < -0.3 is 9.30 Å². The minimum Gasteiger partial charge on any atom is -0.364 e. The Hall–Kier alpha value is -1.47. The van der Waals surface area contributed by atoms with Crippen molar-refractivity contribution in [1.82, 2.24) is 14.5 Å². The standard InChI is InChI=1S/C18H19N3OS2/c1-3-14(23-7-1)10-20-6-5-18(12-20)13-21-15(16-4-2-8-24-16)9-19-17(21)11-22-18/h1-4,7-9H,5-6,10-13H2/t18-/m0/s1. The number of imidazole rings is 1. The molecule has 124 valence electrons. The maximum Gasteiger partial charge on any atom is 0.135 e. The minimum atomic E-state index is -0.0586. The number of aromatic nitrogens is 2. The Labute approximate surface area is 149 Å². The molecule has 0 aromatic carbocycles. The molecule has 0 bridgehead atoms. The molecular formula is C18H19N3OS2. The van der Waals surface area contributed by atoms with Crippen LogP contribution in [0, 0.1) is 0 Å². The molecule has 5 heterocycles. The second kappa shape index (κ2) is 5.81. The molecule has 2 aliphatic rings. The summed E-state index contributed by atoms with van der Waals surface area (Å²) in [5.41, 5.74) is 1.18. The number of rotatable bonds is 3. The van der Waals surface area contributed by atoms with Crippen LogP contribution in [0.3, 0.4) is 0 Å². The van der Waals surface area contributed by atoms with E-state index in [1.165, 1.54) is 15.4 Å². The van der Waals surface area contributed by atoms with Crippen LogP contribution in [-0.4, -0.2) is 33.1 Å². The van der Waals surface area contributed by atoms with E-state index in [4.69, 9.17) is 4.74 Å². The van der Waals surface area contributed by atoms with Crippen molar-refractivity contribution in [1.29, 1.82) is 0 Å². The number of likely N-dealkylation sites (tertiary alicyclic amines) is 1. The maximum atomic E-state index is 6.31. The number of hydrogen-bond acceptors (Lipinski definition) is 5. The summed E-state index contributed by atoms with van der Waals surface area (Å²) in [4.78, 5) is 9.83. The lowest BCUT2D eigenvalue weighted by Gasteiger charge is -2.35. The lowest BCUT2D eigenvalue weighted by Crippen LogP contribution is -2.44. The van der Waals surface area contributed by atoms with E-state index in [1.54, 1.807) is 11.3 Å². The van der Waals surface area contributed by atoms with Crippen LogP contribution in [0.2, 0.25) is 0 Å². The number of thiophene rings is 2. The summed E-state index contributed by atoms with van der Waals surface area (Å²) in [7, 11) is 0. The summed E-state index contributed by atoms with van der Waals surface area (Å²) in [5.74, 6) is 1.06. The fourth-order valence-electron chi connectivity index (χ4n) is 3.81. The fourth-order valence-corrected chi connectivity index (χ4v) is 5.30. The highest BCUT2D eigenvalue weighted by molar-refractivity contribution is 7.13. The molecular weight excluding hydrogens is 338 g/mol. The molecule has 0 saturated carbocycles. The van der Waals surface area contributed by atoms with E-state index in [9.17, 15) is 0 Å². The van der Waals surface area contributed by atoms with Gasteiger partial charge in [0.15, 0.2) is 0 Å². The molecule has 3 aromatic rings. The summed E-state index contributed by atoms with van der Waals surface area (Å²) in [6.45, 7) is 4.69. The summed E-state index contributed by atoms with van der Waals surface area (Å²) in [6, 6.07) is 8.64. The molecule has 0 N–H and O–H groups in total. The predicted octanol–water partition coefficient (Wildman–Crippen LogP) is 3.85. The maximum absolute atomic E-state index is 6.31. The Morgan fingerprint density at radius 1 is 1.17 bits per heavy atom. The van der Waals surface area contributed by atoms with Gasteiger partial charge in [-0.1, -0.05) is 12.1 Å². The summed E-state index contributed by atoms with van der Waals surface area (Å²) in [6.07, 6.45) is 3.10. The second-order valence-electron chi connectivity index (χ2n) is 6.63. The Morgan fingerprint density at radius 3 is 2.92 bits per heavy atom. The van der Waals surface area contributed by atoms with Crippen LogP contribution >= 0.6 is 22.7 Å². The average Bonchev–Trinajstić information content (AvgIpc) is 3.35. The molecule has 0 aliphatic carbocycles. The zero-order chi connectivity index (χ0) is 16.0. The second-order valence-corrected chi connectivity index (χ2v) is 8.61. The molecule has 1 atom stereocenters. The van der Waals surface area contributed by atoms with Crippen molar-refractivity contribution in [2.45, 2.75) is 31.7 Å². The molecule has 6 heteroatoms. The van der Waals surface area contributed by atoms with Crippen LogP contribution < -0.4 is 0 Å². The molecule has 3 aromatic heterocycles. The monoisotopic (exact) mass is 357 g/mol. The molecule has 1 fully saturated rings. The number of ether oxygens (including phenoxy) is 1. The lowest BCUT2D eigenvalue weighted by atomic mass is 10.0. The predicted molar refractivity (Wildman–Crippen MR) is 97.3 cm³/mol. The Bertz CT molecular complexity index is 825. The number of nitrogens with zero attached hydrogens (tertiary/aromatic N) is 3. The summed E-state index contributed by atoms with van der Waals surface area (Å²) in [5, 5.41) is 4.28. The van der Waals surface area contributed by atoms with E-state index in [0.717, 1.165) is 38.4 Å². The largest absolute Gasteiger partial charge is 0.364 e. The third-order valence-electron chi connectivity index (χ3n) is 5.02. The van der Waals surface area contributed by atoms with E-state index < -0.39 is 0 Å². The molecule has 1 saturated heterocycles. The van der Waals surface area contributed by atoms with Gasteiger partial charge in [-0.25, -0.2) is 4.98 Å². The molecule has 0 radical (unpaired) electrons.